The zero-order valence-corrected chi connectivity index (χ0v) is 18.9. The number of ether oxygens (including phenoxy) is 1. The maximum Gasteiger partial charge on any atom is 0.221 e. The topological polar surface area (TPSA) is 85.2 Å². The van der Waals surface area contributed by atoms with E-state index < -0.39 is 0 Å². The van der Waals surface area contributed by atoms with Crippen molar-refractivity contribution < 1.29 is 9.53 Å². The third kappa shape index (κ3) is 5.04. The third-order valence-electron chi connectivity index (χ3n) is 5.88. The highest BCUT2D eigenvalue weighted by molar-refractivity contribution is 6.03. The van der Waals surface area contributed by atoms with Gasteiger partial charge < -0.3 is 19.9 Å². The minimum Gasteiger partial charge on any atom is -0.377 e. The summed E-state index contributed by atoms with van der Waals surface area (Å²) >= 11 is 0. The zero-order valence-electron chi connectivity index (χ0n) is 18.9. The van der Waals surface area contributed by atoms with E-state index in [0.29, 0.717) is 19.8 Å². The SMILES string of the molecule is C=Nc1c(/C(=N\C)N2CCOCC2c2ccccc2)ccn1Cc1ccc(CC(N)=O)cc1. The molecular formula is C26H29N5O2. The molecule has 1 unspecified atom stereocenters. The highest BCUT2D eigenvalue weighted by Crippen LogP contribution is 2.30. The molecule has 0 aliphatic carbocycles. The Bertz CT molecular complexity index is 1140. The van der Waals surface area contributed by atoms with Gasteiger partial charge in [-0.25, -0.2) is 4.99 Å². The average molecular weight is 444 g/mol. The molecule has 1 aliphatic heterocycles. The summed E-state index contributed by atoms with van der Waals surface area (Å²) < 4.78 is 7.87. The van der Waals surface area contributed by atoms with Gasteiger partial charge in [-0.1, -0.05) is 54.6 Å². The molecule has 33 heavy (non-hydrogen) atoms. The number of nitrogens with zero attached hydrogens (tertiary/aromatic N) is 4. The van der Waals surface area contributed by atoms with Crippen LogP contribution in [0.4, 0.5) is 5.82 Å². The predicted molar refractivity (Wildman–Crippen MR) is 131 cm³/mol. The van der Waals surface area contributed by atoms with Crippen molar-refractivity contribution in [3.63, 3.8) is 0 Å². The van der Waals surface area contributed by atoms with Crippen molar-refractivity contribution in [3.05, 3.63) is 89.1 Å². The fourth-order valence-corrected chi connectivity index (χ4v) is 4.32. The van der Waals surface area contributed by atoms with Gasteiger partial charge in [0.25, 0.3) is 0 Å². The average Bonchev–Trinajstić information content (AvgIpc) is 3.23. The van der Waals surface area contributed by atoms with Crippen molar-refractivity contribution in [1.29, 1.82) is 0 Å². The first-order valence-electron chi connectivity index (χ1n) is 11.0. The van der Waals surface area contributed by atoms with E-state index in [2.05, 4.69) is 38.3 Å². The van der Waals surface area contributed by atoms with Gasteiger partial charge in [-0.05, 0) is 29.5 Å². The van der Waals surface area contributed by atoms with Crippen molar-refractivity contribution in [2.45, 2.75) is 19.0 Å². The van der Waals surface area contributed by atoms with Crippen LogP contribution in [-0.4, -0.2) is 54.7 Å². The Morgan fingerprint density at radius 3 is 2.52 bits per heavy atom. The normalized spacial score (nSPS) is 16.6. The van der Waals surface area contributed by atoms with Crippen LogP contribution in [0.2, 0.25) is 0 Å². The first-order chi connectivity index (χ1) is 16.1. The van der Waals surface area contributed by atoms with Gasteiger partial charge in [-0.15, -0.1) is 0 Å². The van der Waals surface area contributed by atoms with Crippen LogP contribution in [0.5, 0.6) is 0 Å². The van der Waals surface area contributed by atoms with Crippen LogP contribution in [0, 0.1) is 0 Å². The standard InChI is InChI=1S/C26H29N5O2/c1-28-25-22(12-13-30(25)17-20-10-8-19(9-11-20)16-24(27)32)26(29-2)31-14-15-33-18-23(31)21-6-4-3-5-7-21/h3-13,23H,1,14-18H2,2H3,(H2,27,32)/b29-26+. The Labute approximate surface area is 194 Å². The molecule has 1 atom stereocenters. The molecule has 1 amide bonds. The van der Waals surface area contributed by atoms with E-state index in [0.717, 1.165) is 34.9 Å². The van der Waals surface area contributed by atoms with E-state index in [-0.39, 0.29) is 18.4 Å². The summed E-state index contributed by atoms with van der Waals surface area (Å²) in [5.74, 6) is 1.32. The van der Waals surface area contributed by atoms with Crippen molar-refractivity contribution in [3.8, 4) is 0 Å². The second kappa shape index (κ2) is 10.3. The van der Waals surface area contributed by atoms with Crippen molar-refractivity contribution >= 4 is 24.3 Å². The molecule has 7 heteroatoms. The number of aromatic nitrogens is 1. The molecule has 0 radical (unpaired) electrons. The smallest absolute Gasteiger partial charge is 0.221 e. The van der Waals surface area contributed by atoms with E-state index >= 15 is 0 Å². The summed E-state index contributed by atoms with van der Waals surface area (Å²) in [6.45, 7) is 6.47. The van der Waals surface area contributed by atoms with Crippen molar-refractivity contribution in [1.82, 2.24) is 9.47 Å². The highest BCUT2D eigenvalue weighted by atomic mass is 16.5. The molecule has 2 heterocycles. The largest absolute Gasteiger partial charge is 0.377 e. The molecule has 1 aromatic heterocycles. The van der Waals surface area contributed by atoms with Gasteiger partial charge in [0.05, 0.1) is 31.2 Å². The number of carbonyl (C=O) groups excluding carboxylic acids is 1. The first-order valence-corrected chi connectivity index (χ1v) is 11.0. The maximum absolute atomic E-state index is 11.1. The lowest BCUT2D eigenvalue weighted by Gasteiger charge is -2.38. The number of amidine groups is 1. The van der Waals surface area contributed by atoms with Crippen LogP contribution in [0.3, 0.4) is 0 Å². The van der Waals surface area contributed by atoms with Gasteiger partial charge in [0.1, 0.15) is 11.7 Å². The van der Waals surface area contributed by atoms with Crippen molar-refractivity contribution in [2.24, 2.45) is 15.7 Å². The second-order valence-corrected chi connectivity index (χ2v) is 8.04. The highest BCUT2D eigenvalue weighted by Gasteiger charge is 2.29. The molecule has 2 aromatic carbocycles. The summed E-state index contributed by atoms with van der Waals surface area (Å²) in [5, 5.41) is 0. The van der Waals surface area contributed by atoms with Crippen LogP contribution in [0.15, 0.2) is 76.8 Å². The number of primary amides is 1. The van der Waals surface area contributed by atoms with Gasteiger partial charge in [-0.2, -0.15) is 0 Å². The summed E-state index contributed by atoms with van der Waals surface area (Å²) in [6.07, 6.45) is 2.26. The Kier molecular flexibility index (Phi) is 7.00. The Morgan fingerprint density at radius 2 is 1.85 bits per heavy atom. The monoisotopic (exact) mass is 443 g/mol. The van der Waals surface area contributed by atoms with Gasteiger partial charge in [0.15, 0.2) is 0 Å². The number of rotatable bonds is 7. The van der Waals surface area contributed by atoms with Crippen LogP contribution >= 0.6 is 0 Å². The Hall–Kier alpha value is -3.71. The molecular weight excluding hydrogens is 414 g/mol. The Morgan fingerprint density at radius 1 is 1.12 bits per heavy atom. The van der Waals surface area contributed by atoms with Crippen LogP contribution in [-0.2, 0) is 22.5 Å². The predicted octanol–water partition coefficient (Wildman–Crippen LogP) is 3.35. The number of hydrogen-bond acceptors (Lipinski definition) is 4. The number of nitrogens with two attached hydrogens (primary N) is 1. The quantitative estimate of drug-likeness (QED) is 0.449. The molecule has 7 nitrogen and oxygen atoms in total. The van der Waals surface area contributed by atoms with E-state index in [1.165, 1.54) is 5.56 Å². The lowest BCUT2D eigenvalue weighted by atomic mass is 10.0. The van der Waals surface area contributed by atoms with Gasteiger partial charge in [0.2, 0.25) is 5.91 Å². The minimum atomic E-state index is -0.334. The second-order valence-electron chi connectivity index (χ2n) is 8.04. The summed E-state index contributed by atoms with van der Waals surface area (Å²) in [4.78, 5) is 22.5. The molecule has 0 saturated carbocycles. The van der Waals surface area contributed by atoms with E-state index in [1.54, 1.807) is 0 Å². The molecule has 1 saturated heterocycles. The number of amides is 1. The lowest BCUT2D eigenvalue weighted by Crippen LogP contribution is -2.43. The van der Waals surface area contributed by atoms with E-state index in [4.69, 9.17) is 10.5 Å². The van der Waals surface area contributed by atoms with Crippen LogP contribution in [0.25, 0.3) is 0 Å². The van der Waals surface area contributed by atoms with E-state index in [9.17, 15) is 4.79 Å². The number of morpholine rings is 1. The molecule has 1 aliphatic rings. The van der Waals surface area contributed by atoms with Gasteiger partial charge in [0, 0.05) is 26.3 Å². The zero-order chi connectivity index (χ0) is 23.2. The fraction of sp³-hybridized carbons (Fsp3) is 0.269. The molecule has 4 rings (SSSR count). The summed E-state index contributed by atoms with van der Waals surface area (Å²) in [5.41, 5.74) is 9.43. The van der Waals surface area contributed by atoms with Crippen LogP contribution in [0.1, 0.15) is 28.3 Å². The molecule has 170 valence electrons. The summed E-state index contributed by atoms with van der Waals surface area (Å²) in [7, 11) is 1.81. The van der Waals surface area contributed by atoms with Gasteiger partial charge in [-0.3, -0.25) is 9.79 Å². The lowest BCUT2D eigenvalue weighted by molar-refractivity contribution is -0.117. The van der Waals surface area contributed by atoms with Crippen LogP contribution < -0.4 is 5.73 Å². The molecule has 0 bridgehead atoms. The minimum absolute atomic E-state index is 0.0810. The fourth-order valence-electron chi connectivity index (χ4n) is 4.32. The number of benzene rings is 2. The van der Waals surface area contributed by atoms with E-state index in [1.807, 2.05) is 61.8 Å². The first kappa shape index (κ1) is 22.5. The third-order valence-corrected chi connectivity index (χ3v) is 5.88. The molecule has 1 fully saturated rings. The maximum atomic E-state index is 11.1. The Balaban J connectivity index is 1.60. The number of carbonyl (C=O) groups is 1. The molecule has 2 N–H and O–H groups in total. The molecule has 3 aromatic rings. The number of aliphatic imine (C=N–C) groups is 2. The van der Waals surface area contributed by atoms with Crippen molar-refractivity contribution in [2.75, 3.05) is 26.8 Å². The number of hydrogen-bond donors (Lipinski definition) is 1. The molecule has 0 spiro atoms. The van der Waals surface area contributed by atoms with Gasteiger partial charge >= 0.3 is 0 Å². The summed E-state index contributed by atoms with van der Waals surface area (Å²) in [6, 6.07) is 20.4.